The second kappa shape index (κ2) is 5.68. The van der Waals surface area contributed by atoms with Crippen LogP contribution in [0.4, 0.5) is 0 Å². The minimum atomic E-state index is 0.0489. The standard InChI is InChI=1S/C14H25N3S/c1-11(2)12-10-17(8-5-6-15-12)14(3,4)13-16-7-9-18-13/h7,9,11-12,15H,5-6,8,10H2,1-4H3. The molecular formula is C14H25N3S. The van der Waals surface area contributed by atoms with Gasteiger partial charge in [-0.3, -0.25) is 4.90 Å². The Labute approximate surface area is 115 Å². The highest BCUT2D eigenvalue weighted by Gasteiger charge is 2.34. The SMILES string of the molecule is CC(C)C1CN(C(C)(C)c2nccs2)CCCN1. The normalized spacial score (nSPS) is 23.3. The maximum absolute atomic E-state index is 4.52. The lowest BCUT2D eigenvalue weighted by atomic mass is 9.99. The first-order chi connectivity index (χ1) is 8.51. The lowest BCUT2D eigenvalue weighted by Gasteiger charge is -2.38. The van der Waals surface area contributed by atoms with Crippen LogP contribution in [-0.2, 0) is 5.54 Å². The van der Waals surface area contributed by atoms with Crippen LogP contribution in [0.15, 0.2) is 11.6 Å². The number of nitrogens with one attached hydrogen (secondary N) is 1. The van der Waals surface area contributed by atoms with Gasteiger partial charge in [-0.2, -0.15) is 0 Å². The maximum atomic E-state index is 4.52. The van der Waals surface area contributed by atoms with Crippen molar-refractivity contribution in [3.05, 3.63) is 16.6 Å². The van der Waals surface area contributed by atoms with Crippen LogP contribution in [0, 0.1) is 5.92 Å². The smallest absolute Gasteiger partial charge is 0.112 e. The van der Waals surface area contributed by atoms with Gasteiger partial charge in [0, 0.05) is 30.7 Å². The first-order valence-corrected chi connectivity index (χ1v) is 7.78. The molecule has 1 aliphatic rings. The molecule has 0 bridgehead atoms. The van der Waals surface area contributed by atoms with Crippen molar-refractivity contribution in [2.24, 2.45) is 5.92 Å². The predicted molar refractivity (Wildman–Crippen MR) is 78.0 cm³/mol. The minimum Gasteiger partial charge on any atom is -0.312 e. The molecule has 1 saturated heterocycles. The highest BCUT2D eigenvalue weighted by Crippen LogP contribution is 2.30. The highest BCUT2D eigenvalue weighted by atomic mass is 32.1. The van der Waals surface area contributed by atoms with Gasteiger partial charge in [0.25, 0.3) is 0 Å². The van der Waals surface area contributed by atoms with E-state index < -0.39 is 0 Å². The molecule has 1 N–H and O–H groups in total. The van der Waals surface area contributed by atoms with Crippen molar-refractivity contribution in [3.8, 4) is 0 Å². The average molecular weight is 267 g/mol. The van der Waals surface area contributed by atoms with Crippen molar-refractivity contribution in [1.82, 2.24) is 15.2 Å². The molecule has 0 aromatic carbocycles. The van der Waals surface area contributed by atoms with Crippen molar-refractivity contribution >= 4 is 11.3 Å². The fraction of sp³-hybridized carbons (Fsp3) is 0.786. The average Bonchev–Trinajstić information content (AvgIpc) is 2.73. The molecule has 0 spiro atoms. The van der Waals surface area contributed by atoms with Crippen molar-refractivity contribution in [3.63, 3.8) is 0 Å². The second-order valence-electron chi connectivity index (χ2n) is 6.00. The van der Waals surface area contributed by atoms with Gasteiger partial charge in [-0.1, -0.05) is 13.8 Å². The molecule has 0 saturated carbocycles. The third-order valence-corrected chi connectivity index (χ3v) is 5.07. The molecule has 2 rings (SSSR count). The Kier molecular flexibility index (Phi) is 4.41. The summed E-state index contributed by atoms with van der Waals surface area (Å²) >= 11 is 1.77. The zero-order chi connectivity index (χ0) is 13.2. The molecule has 18 heavy (non-hydrogen) atoms. The molecule has 102 valence electrons. The number of thiazole rings is 1. The van der Waals surface area contributed by atoms with E-state index in [0.717, 1.165) is 19.6 Å². The van der Waals surface area contributed by atoms with Gasteiger partial charge >= 0.3 is 0 Å². The number of hydrogen-bond donors (Lipinski definition) is 1. The summed E-state index contributed by atoms with van der Waals surface area (Å²) in [5.74, 6) is 0.678. The number of hydrogen-bond acceptors (Lipinski definition) is 4. The van der Waals surface area contributed by atoms with E-state index in [1.54, 1.807) is 11.3 Å². The van der Waals surface area contributed by atoms with Gasteiger partial charge in [0.05, 0.1) is 5.54 Å². The Balaban J connectivity index is 2.15. The predicted octanol–water partition coefficient (Wildman–Crippen LogP) is 2.70. The molecule has 4 heteroatoms. The summed E-state index contributed by atoms with van der Waals surface area (Å²) in [6.45, 7) is 12.6. The van der Waals surface area contributed by atoms with Crippen molar-refractivity contribution in [2.45, 2.75) is 45.7 Å². The molecule has 1 aromatic heterocycles. The third kappa shape index (κ3) is 2.92. The first kappa shape index (κ1) is 14.0. The molecule has 1 fully saturated rings. The van der Waals surface area contributed by atoms with Crippen molar-refractivity contribution in [2.75, 3.05) is 19.6 Å². The van der Waals surface area contributed by atoms with Gasteiger partial charge in [-0.05, 0) is 32.7 Å². The van der Waals surface area contributed by atoms with Crippen LogP contribution in [0.1, 0.15) is 39.1 Å². The lowest BCUT2D eigenvalue weighted by molar-refractivity contribution is 0.109. The number of rotatable bonds is 3. The molecular weight excluding hydrogens is 242 g/mol. The Morgan fingerprint density at radius 1 is 1.50 bits per heavy atom. The van der Waals surface area contributed by atoms with E-state index in [2.05, 4.69) is 48.3 Å². The van der Waals surface area contributed by atoms with Crippen LogP contribution in [0.3, 0.4) is 0 Å². The van der Waals surface area contributed by atoms with Crippen molar-refractivity contribution in [1.29, 1.82) is 0 Å². The minimum absolute atomic E-state index is 0.0489. The van der Waals surface area contributed by atoms with Crippen molar-refractivity contribution < 1.29 is 0 Å². The number of aromatic nitrogens is 1. The van der Waals surface area contributed by atoms with Crippen LogP contribution in [0.2, 0.25) is 0 Å². The summed E-state index contributed by atoms with van der Waals surface area (Å²) in [6.07, 6.45) is 3.13. The van der Waals surface area contributed by atoms with Crippen LogP contribution in [0.5, 0.6) is 0 Å². The zero-order valence-corrected chi connectivity index (χ0v) is 12.8. The fourth-order valence-corrected chi connectivity index (χ4v) is 3.36. The van der Waals surface area contributed by atoms with E-state index in [9.17, 15) is 0 Å². The summed E-state index contributed by atoms with van der Waals surface area (Å²) in [5.41, 5.74) is 0.0489. The van der Waals surface area contributed by atoms with E-state index in [1.807, 2.05) is 6.20 Å². The zero-order valence-electron chi connectivity index (χ0n) is 11.9. The highest BCUT2D eigenvalue weighted by molar-refractivity contribution is 7.09. The molecule has 1 atom stereocenters. The maximum Gasteiger partial charge on any atom is 0.112 e. The van der Waals surface area contributed by atoms with E-state index >= 15 is 0 Å². The molecule has 2 heterocycles. The fourth-order valence-electron chi connectivity index (χ4n) is 2.57. The first-order valence-electron chi connectivity index (χ1n) is 6.90. The van der Waals surface area contributed by atoms with Crippen LogP contribution >= 0.6 is 11.3 Å². The van der Waals surface area contributed by atoms with E-state index in [1.165, 1.54) is 11.4 Å². The van der Waals surface area contributed by atoms with Gasteiger partial charge in [0.1, 0.15) is 5.01 Å². The van der Waals surface area contributed by atoms with E-state index in [-0.39, 0.29) is 5.54 Å². The van der Waals surface area contributed by atoms with Crippen LogP contribution in [-0.4, -0.2) is 35.6 Å². The molecule has 0 aliphatic carbocycles. The molecule has 1 aliphatic heterocycles. The van der Waals surface area contributed by atoms with E-state index in [4.69, 9.17) is 0 Å². The van der Waals surface area contributed by atoms with E-state index in [0.29, 0.717) is 12.0 Å². The molecule has 0 radical (unpaired) electrons. The molecule has 0 amide bonds. The van der Waals surface area contributed by atoms with Crippen LogP contribution in [0.25, 0.3) is 0 Å². The Morgan fingerprint density at radius 2 is 2.28 bits per heavy atom. The molecule has 3 nitrogen and oxygen atoms in total. The van der Waals surface area contributed by atoms with Gasteiger partial charge in [0.15, 0.2) is 0 Å². The van der Waals surface area contributed by atoms with Gasteiger partial charge in [-0.15, -0.1) is 11.3 Å². The van der Waals surface area contributed by atoms with Gasteiger partial charge < -0.3 is 5.32 Å². The molecule has 1 aromatic rings. The summed E-state index contributed by atoms with van der Waals surface area (Å²) in [4.78, 5) is 7.11. The monoisotopic (exact) mass is 267 g/mol. The summed E-state index contributed by atoms with van der Waals surface area (Å²) < 4.78 is 0. The summed E-state index contributed by atoms with van der Waals surface area (Å²) in [7, 11) is 0. The Hall–Kier alpha value is -0.450. The van der Waals surface area contributed by atoms with Gasteiger partial charge in [-0.25, -0.2) is 4.98 Å². The quantitative estimate of drug-likeness (QED) is 0.912. The molecule has 1 unspecified atom stereocenters. The summed E-state index contributed by atoms with van der Waals surface area (Å²) in [6, 6.07) is 0.590. The number of nitrogens with zero attached hydrogens (tertiary/aromatic N) is 2. The second-order valence-corrected chi connectivity index (χ2v) is 6.90. The Morgan fingerprint density at radius 3 is 2.89 bits per heavy atom. The lowest BCUT2D eigenvalue weighted by Crippen LogP contribution is -2.48. The Bertz CT molecular complexity index is 359. The largest absolute Gasteiger partial charge is 0.312 e. The topological polar surface area (TPSA) is 28.2 Å². The summed E-state index contributed by atoms with van der Waals surface area (Å²) in [5, 5.41) is 6.97. The van der Waals surface area contributed by atoms with Crippen LogP contribution < -0.4 is 5.32 Å². The van der Waals surface area contributed by atoms with Gasteiger partial charge in [0.2, 0.25) is 0 Å². The third-order valence-electron chi connectivity index (χ3n) is 3.98.